The maximum absolute atomic E-state index is 11.7. The Morgan fingerprint density at radius 1 is 1.06 bits per heavy atom. The Morgan fingerprint density at radius 2 is 1.72 bits per heavy atom. The molecule has 0 spiro atoms. The highest BCUT2D eigenvalue weighted by molar-refractivity contribution is 14.0. The molecule has 0 radical (unpaired) electrons. The minimum Gasteiger partial charge on any atom is -0.469 e. The average molecular weight is 558 g/mol. The van der Waals surface area contributed by atoms with Gasteiger partial charge in [-0.05, 0) is 31.7 Å². The first kappa shape index (κ1) is 26.9. The number of likely N-dealkylation sites (tertiary alicyclic amines) is 1. The Morgan fingerprint density at radius 3 is 2.34 bits per heavy atom. The summed E-state index contributed by atoms with van der Waals surface area (Å²) in [5, 5.41) is 3.42. The summed E-state index contributed by atoms with van der Waals surface area (Å²) in [6, 6.07) is 10.7. The van der Waals surface area contributed by atoms with E-state index in [1.165, 1.54) is 12.7 Å². The molecule has 1 N–H and O–H groups in total. The van der Waals surface area contributed by atoms with Gasteiger partial charge < -0.3 is 19.9 Å². The van der Waals surface area contributed by atoms with Crippen LogP contribution < -0.4 is 5.32 Å². The molecule has 1 aromatic rings. The van der Waals surface area contributed by atoms with Crippen LogP contribution in [0.3, 0.4) is 0 Å². The molecule has 2 aliphatic heterocycles. The first-order valence-corrected chi connectivity index (χ1v) is 11.8. The van der Waals surface area contributed by atoms with Crippen LogP contribution in [0.25, 0.3) is 0 Å². The number of carbonyl (C=O) groups is 1. The number of nitrogens with one attached hydrogen (secondary N) is 1. The highest BCUT2D eigenvalue weighted by atomic mass is 127. The van der Waals surface area contributed by atoms with Gasteiger partial charge in [0.15, 0.2) is 5.96 Å². The maximum Gasteiger partial charge on any atom is 0.308 e. The van der Waals surface area contributed by atoms with Gasteiger partial charge in [-0.25, -0.2) is 0 Å². The predicted molar refractivity (Wildman–Crippen MR) is 140 cm³/mol. The number of piperazine rings is 1. The van der Waals surface area contributed by atoms with E-state index in [-0.39, 0.29) is 35.9 Å². The lowest BCUT2D eigenvalue weighted by Gasteiger charge is -2.35. The molecule has 1 aromatic carbocycles. The topological polar surface area (TPSA) is 60.4 Å². The molecule has 0 aromatic heterocycles. The summed E-state index contributed by atoms with van der Waals surface area (Å²) < 4.78 is 4.90. The molecule has 0 atom stereocenters. The van der Waals surface area contributed by atoms with Crippen LogP contribution in [-0.2, 0) is 16.1 Å². The van der Waals surface area contributed by atoms with Crippen molar-refractivity contribution in [2.45, 2.75) is 32.7 Å². The zero-order valence-corrected chi connectivity index (χ0v) is 22.0. The van der Waals surface area contributed by atoms with Crippen molar-refractivity contribution < 1.29 is 9.53 Å². The summed E-state index contributed by atoms with van der Waals surface area (Å²) in [7, 11) is 1.48. The van der Waals surface area contributed by atoms with Gasteiger partial charge in [0.05, 0.1) is 13.0 Å². The van der Waals surface area contributed by atoms with Gasteiger partial charge in [-0.2, -0.15) is 0 Å². The van der Waals surface area contributed by atoms with E-state index in [2.05, 4.69) is 57.3 Å². The Bertz CT molecular complexity index is 687. The number of hydrogen-bond donors (Lipinski definition) is 1. The van der Waals surface area contributed by atoms with E-state index in [1.807, 2.05) is 0 Å². The lowest BCUT2D eigenvalue weighted by molar-refractivity contribution is -0.146. The second-order valence-corrected chi connectivity index (χ2v) is 8.48. The van der Waals surface area contributed by atoms with E-state index in [0.717, 1.165) is 90.7 Å². The van der Waals surface area contributed by atoms with Crippen molar-refractivity contribution >= 4 is 35.9 Å². The van der Waals surface area contributed by atoms with Gasteiger partial charge in [0.1, 0.15) is 0 Å². The molecule has 2 saturated heterocycles. The number of carbonyl (C=O) groups excluding carboxylic acids is 1. The molecule has 0 unspecified atom stereocenters. The minimum atomic E-state index is -0.0783. The zero-order valence-electron chi connectivity index (χ0n) is 19.7. The van der Waals surface area contributed by atoms with Crippen molar-refractivity contribution in [3.8, 4) is 0 Å². The molecule has 7 nitrogen and oxygen atoms in total. The standard InChI is InChI=1S/C24H39N5O2.HI/c1-3-25-24(29-14-10-22(11-15-29)23(30)31-2)26-12-7-13-27-16-18-28(19-17-27)20-21-8-5-4-6-9-21;/h4-6,8-9,22H,3,7,10-20H2,1-2H3,(H,25,26);1H. The van der Waals surface area contributed by atoms with Gasteiger partial charge in [0.25, 0.3) is 0 Å². The molecule has 8 heteroatoms. The molecule has 2 fully saturated rings. The molecular weight excluding hydrogens is 517 g/mol. The molecule has 0 bridgehead atoms. The van der Waals surface area contributed by atoms with Crippen LogP contribution in [0.2, 0.25) is 0 Å². The quantitative estimate of drug-likeness (QED) is 0.175. The number of halogens is 1. The molecule has 32 heavy (non-hydrogen) atoms. The number of guanidine groups is 1. The first-order valence-electron chi connectivity index (χ1n) is 11.8. The van der Waals surface area contributed by atoms with Gasteiger partial charge in [0, 0.05) is 65.4 Å². The molecule has 180 valence electrons. The van der Waals surface area contributed by atoms with Crippen molar-refractivity contribution in [3.05, 3.63) is 35.9 Å². The summed E-state index contributed by atoms with van der Waals surface area (Å²) >= 11 is 0. The Balaban J connectivity index is 0.00000363. The van der Waals surface area contributed by atoms with E-state index in [1.54, 1.807) is 0 Å². The van der Waals surface area contributed by atoms with Crippen LogP contribution in [-0.4, -0.2) is 92.6 Å². The summed E-state index contributed by atoms with van der Waals surface area (Å²) in [6.07, 6.45) is 2.75. The van der Waals surface area contributed by atoms with Crippen molar-refractivity contribution in [1.82, 2.24) is 20.0 Å². The van der Waals surface area contributed by atoms with Gasteiger partial charge in [-0.15, -0.1) is 24.0 Å². The number of esters is 1. The summed E-state index contributed by atoms with van der Waals surface area (Å²) in [5.74, 6) is 0.939. The van der Waals surface area contributed by atoms with Crippen molar-refractivity contribution in [2.75, 3.05) is 66.0 Å². The lowest BCUT2D eigenvalue weighted by atomic mass is 9.97. The molecule has 0 saturated carbocycles. The van der Waals surface area contributed by atoms with Gasteiger partial charge in [-0.3, -0.25) is 14.7 Å². The number of aliphatic imine (C=N–C) groups is 1. The first-order chi connectivity index (χ1) is 15.2. The fourth-order valence-electron chi connectivity index (χ4n) is 4.41. The van der Waals surface area contributed by atoms with Gasteiger partial charge in [0.2, 0.25) is 0 Å². The average Bonchev–Trinajstić information content (AvgIpc) is 2.82. The number of hydrogen-bond acceptors (Lipinski definition) is 5. The summed E-state index contributed by atoms with van der Waals surface area (Å²) in [6.45, 7) is 12.2. The Labute approximate surface area is 210 Å². The van der Waals surface area contributed by atoms with Gasteiger partial charge >= 0.3 is 5.97 Å². The number of methoxy groups -OCH3 is 1. The van der Waals surface area contributed by atoms with Crippen molar-refractivity contribution in [1.29, 1.82) is 0 Å². The SMILES string of the molecule is CCNC(=NCCCN1CCN(Cc2ccccc2)CC1)N1CCC(C(=O)OC)CC1.I. The third-order valence-electron chi connectivity index (χ3n) is 6.27. The van der Waals surface area contributed by atoms with E-state index in [9.17, 15) is 4.79 Å². The van der Waals surface area contributed by atoms with Crippen molar-refractivity contribution in [2.24, 2.45) is 10.9 Å². The predicted octanol–water partition coefficient (Wildman–Crippen LogP) is 2.66. The minimum absolute atomic E-state index is 0. The molecular formula is C24H40IN5O2. The van der Waals surface area contributed by atoms with Gasteiger partial charge in [-0.1, -0.05) is 30.3 Å². The number of rotatable bonds is 8. The molecule has 0 amide bonds. The van der Waals surface area contributed by atoms with E-state index in [0.29, 0.717) is 0 Å². The lowest BCUT2D eigenvalue weighted by Crippen LogP contribution is -2.47. The zero-order chi connectivity index (χ0) is 21.9. The Hall–Kier alpha value is -1.39. The van der Waals surface area contributed by atoms with E-state index in [4.69, 9.17) is 9.73 Å². The van der Waals surface area contributed by atoms with E-state index < -0.39 is 0 Å². The largest absolute Gasteiger partial charge is 0.469 e. The highest BCUT2D eigenvalue weighted by Crippen LogP contribution is 2.18. The van der Waals surface area contributed by atoms with Crippen LogP contribution in [0.5, 0.6) is 0 Å². The second-order valence-electron chi connectivity index (χ2n) is 8.48. The van der Waals surface area contributed by atoms with Crippen LogP contribution in [0, 0.1) is 5.92 Å². The fourth-order valence-corrected chi connectivity index (χ4v) is 4.41. The maximum atomic E-state index is 11.7. The Kier molecular flexibility index (Phi) is 12.3. The number of piperidine rings is 1. The number of nitrogens with zero attached hydrogens (tertiary/aromatic N) is 4. The monoisotopic (exact) mass is 557 g/mol. The van der Waals surface area contributed by atoms with E-state index >= 15 is 0 Å². The smallest absolute Gasteiger partial charge is 0.308 e. The van der Waals surface area contributed by atoms with Crippen molar-refractivity contribution in [3.63, 3.8) is 0 Å². The summed E-state index contributed by atoms with van der Waals surface area (Å²) in [4.78, 5) is 24.0. The fraction of sp³-hybridized carbons (Fsp3) is 0.667. The van der Waals surface area contributed by atoms with Crippen LogP contribution in [0.4, 0.5) is 0 Å². The van der Waals surface area contributed by atoms with Crippen LogP contribution in [0.15, 0.2) is 35.3 Å². The number of benzene rings is 1. The van der Waals surface area contributed by atoms with Crippen LogP contribution >= 0.6 is 24.0 Å². The summed E-state index contributed by atoms with van der Waals surface area (Å²) in [5.41, 5.74) is 1.40. The van der Waals surface area contributed by atoms with Crippen LogP contribution in [0.1, 0.15) is 31.7 Å². The second kappa shape index (κ2) is 14.7. The molecule has 3 rings (SSSR count). The molecule has 0 aliphatic carbocycles. The molecule has 2 aliphatic rings. The molecule has 2 heterocycles. The third-order valence-corrected chi connectivity index (χ3v) is 6.27. The number of ether oxygens (including phenoxy) is 1. The highest BCUT2D eigenvalue weighted by Gasteiger charge is 2.27. The normalized spacial score (nSPS) is 18.8. The third kappa shape index (κ3) is 8.51.